The average Bonchev–Trinajstić information content (AvgIpc) is 3.23. The van der Waals surface area contributed by atoms with E-state index >= 15 is 0 Å². The number of thiazole rings is 1. The van der Waals surface area contributed by atoms with Crippen LogP contribution in [0.3, 0.4) is 0 Å². The lowest BCUT2D eigenvalue weighted by Gasteiger charge is -2.31. The summed E-state index contributed by atoms with van der Waals surface area (Å²) >= 11 is 3.09. The van der Waals surface area contributed by atoms with Crippen molar-refractivity contribution >= 4 is 51.4 Å². The predicted octanol–water partition coefficient (Wildman–Crippen LogP) is 4.55. The van der Waals surface area contributed by atoms with Gasteiger partial charge in [0.1, 0.15) is 5.75 Å². The Balaban J connectivity index is 1.61. The number of benzene rings is 3. The zero-order valence-electron chi connectivity index (χ0n) is 20.1. The standard InChI is InChI=1S/C28H20IN3O5S/c1-37-18-7-4-6-17(14-18)25-20-10-9-16-5-2-3-8-19(16)24(20)30-28-31(25)27(34)23(38-28)13-15-11-21(29)26(33)22(12-15)32(35)36/h2-8,11-14,25,33H,9-10H2,1H3/b23-13+/t25-/m0/s1. The summed E-state index contributed by atoms with van der Waals surface area (Å²) in [5.41, 5.74) is 5.01. The van der Waals surface area contributed by atoms with Crippen LogP contribution < -0.4 is 19.6 Å². The van der Waals surface area contributed by atoms with Crippen molar-refractivity contribution in [3.05, 3.63) is 122 Å². The van der Waals surface area contributed by atoms with Crippen LogP contribution in [0, 0.1) is 13.7 Å². The molecule has 1 aromatic heterocycles. The molecule has 38 heavy (non-hydrogen) atoms. The summed E-state index contributed by atoms with van der Waals surface area (Å²) in [5, 5.41) is 21.5. The lowest BCUT2D eigenvalue weighted by molar-refractivity contribution is -0.386. The van der Waals surface area contributed by atoms with E-state index in [1.807, 2.05) is 59.0 Å². The molecule has 2 heterocycles. The van der Waals surface area contributed by atoms with Crippen molar-refractivity contribution in [3.8, 4) is 11.5 Å². The highest BCUT2D eigenvalue weighted by Gasteiger charge is 2.32. The minimum absolute atomic E-state index is 0.224. The van der Waals surface area contributed by atoms with E-state index in [9.17, 15) is 20.0 Å². The van der Waals surface area contributed by atoms with Gasteiger partial charge in [-0.3, -0.25) is 19.5 Å². The maximum absolute atomic E-state index is 13.9. The molecule has 0 unspecified atom stereocenters. The SMILES string of the molecule is COc1cccc([C@H]2C3=C(N=c4s/c(=C/c5cc(I)c(O)c([N+](=O)[O-])c5)c(=O)n42)c2ccccc2CC3)c1. The number of nitro benzene ring substituents is 1. The summed E-state index contributed by atoms with van der Waals surface area (Å²) < 4.78 is 7.94. The molecule has 0 amide bonds. The van der Waals surface area contributed by atoms with Crippen LogP contribution >= 0.6 is 33.9 Å². The molecule has 0 saturated heterocycles. The molecule has 6 rings (SSSR count). The number of methoxy groups -OCH3 is 1. The van der Waals surface area contributed by atoms with E-state index < -0.39 is 16.4 Å². The number of aromatic hydroxyl groups is 1. The summed E-state index contributed by atoms with van der Waals surface area (Å²) in [6.07, 6.45) is 3.24. The first kappa shape index (κ1) is 24.6. The molecule has 1 N–H and O–H groups in total. The van der Waals surface area contributed by atoms with Gasteiger partial charge in [0.15, 0.2) is 4.80 Å². The number of rotatable bonds is 4. The number of halogens is 1. The van der Waals surface area contributed by atoms with Crippen molar-refractivity contribution < 1.29 is 14.8 Å². The fourth-order valence-electron chi connectivity index (χ4n) is 5.11. The predicted molar refractivity (Wildman–Crippen MR) is 153 cm³/mol. The Labute approximate surface area is 234 Å². The Morgan fingerprint density at radius 2 is 2.00 bits per heavy atom. The zero-order chi connectivity index (χ0) is 26.6. The zero-order valence-corrected chi connectivity index (χ0v) is 23.0. The largest absolute Gasteiger partial charge is 0.501 e. The van der Waals surface area contributed by atoms with Gasteiger partial charge in [0, 0.05) is 11.6 Å². The Morgan fingerprint density at radius 1 is 1.18 bits per heavy atom. The second kappa shape index (κ2) is 9.52. The van der Waals surface area contributed by atoms with Crippen molar-refractivity contribution in [3.63, 3.8) is 0 Å². The Kier molecular flexibility index (Phi) is 6.15. The highest BCUT2D eigenvalue weighted by Crippen LogP contribution is 2.41. The lowest BCUT2D eigenvalue weighted by atomic mass is 9.83. The van der Waals surface area contributed by atoms with Crippen LogP contribution in [0.1, 0.15) is 34.7 Å². The molecule has 190 valence electrons. The highest BCUT2D eigenvalue weighted by molar-refractivity contribution is 14.1. The topological polar surface area (TPSA) is 107 Å². The van der Waals surface area contributed by atoms with Crippen LogP contribution in [-0.2, 0) is 6.42 Å². The van der Waals surface area contributed by atoms with Crippen molar-refractivity contribution in [2.75, 3.05) is 7.11 Å². The maximum atomic E-state index is 13.9. The molecule has 2 aliphatic rings. The first-order chi connectivity index (χ1) is 18.4. The first-order valence-electron chi connectivity index (χ1n) is 11.8. The molecule has 0 radical (unpaired) electrons. The molecule has 1 aliphatic carbocycles. The van der Waals surface area contributed by atoms with Crippen LogP contribution in [0.2, 0.25) is 0 Å². The third kappa shape index (κ3) is 4.04. The van der Waals surface area contributed by atoms with E-state index in [2.05, 4.69) is 12.1 Å². The Morgan fingerprint density at radius 3 is 2.79 bits per heavy atom. The number of nitrogens with zero attached hydrogens (tertiary/aromatic N) is 3. The van der Waals surface area contributed by atoms with E-state index in [0.717, 1.165) is 35.2 Å². The van der Waals surface area contributed by atoms with E-state index in [-0.39, 0.29) is 11.6 Å². The molecule has 0 fully saturated rings. The summed E-state index contributed by atoms with van der Waals surface area (Å²) in [7, 11) is 1.62. The van der Waals surface area contributed by atoms with Crippen LogP contribution in [0.15, 0.2) is 76.0 Å². The van der Waals surface area contributed by atoms with Crippen molar-refractivity contribution in [1.82, 2.24) is 4.57 Å². The number of phenols is 1. The number of hydrogen-bond donors (Lipinski definition) is 1. The molecule has 10 heteroatoms. The molecular formula is C28H20IN3O5S. The van der Waals surface area contributed by atoms with Gasteiger partial charge in [-0.25, -0.2) is 4.99 Å². The second-order valence-corrected chi connectivity index (χ2v) is 11.2. The number of allylic oxidation sites excluding steroid dienone is 1. The van der Waals surface area contributed by atoms with E-state index in [0.29, 0.717) is 24.2 Å². The van der Waals surface area contributed by atoms with Gasteiger partial charge >= 0.3 is 5.69 Å². The van der Waals surface area contributed by atoms with Gasteiger partial charge < -0.3 is 9.84 Å². The fourth-order valence-corrected chi connectivity index (χ4v) is 6.75. The van der Waals surface area contributed by atoms with Crippen LogP contribution in [0.5, 0.6) is 11.5 Å². The van der Waals surface area contributed by atoms with Crippen molar-refractivity contribution in [2.45, 2.75) is 18.9 Å². The summed E-state index contributed by atoms with van der Waals surface area (Å²) in [5.74, 6) is 0.310. The number of nitro groups is 1. The molecule has 1 aliphatic heterocycles. The van der Waals surface area contributed by atoms with Gasteiger partial charge in [-0.1, -0.05) is 47.7 Å². The molecule has 0 spiro atoms. The molecule has 3 aromatic carbocycles. The monoisotopic (exact) mass is 637 g/mol. The highest BCUT2D eigenvalue weighted by atomic mass is 127. The summed E-state index contributed by atoms with van der Waals surface area (Å²) in [6.45, 7) is 0. The smallest absolute Gasteiger partial charge is 0.312 e. The maximum Gasteiger partial charge on any atom is 0.312 e. The molecule has 0 bridgehead atoms. The second-order valence-electron chi connectivity index (χ2n) is 9.02. The van der Waals surface area contributed by atoms with Crippen molar-refractivity contribution in [1.29, 1.82) is 0 Å². The quantitative estimate of drug-likeness (QED) is 0.201. The minimum atomic E-state index is -0.634. The van der Waals surface area contributed by atoms with Gasteiger partial charge in [-0.05, 0) is 82.0 Å². The normalized spacial score (nSPS) is 16.4. The Hall–Kier alpha value is -3.77. The molecular weight excluding hydrogens is 617 g/mol. The number of phenolic OH excluding ortho intramolecular Hbond substituents is 1. The van der Waals surface area contributed by atoms with Gasteiger partial charge in [0.25, 0.3) is 5.56 Å². The Bertz CT molecular complexity index is 1860. The summed E-state index contributed by atoms with van der Waals surface area (Å²) in [6, 6.07) is 18.5. The lowest BCUT2D eigenvalue weighted by Crippen LogP contribution is -2.38. The van der Waals surface area contributed by atoms with E-state index in [1.54, 1.807) is 23.8 Å². The van der Waals surface area contributed by atoms with E-state index in [4.69, 9.17) is 9.73 Å². The summed E-state index contributed by atoms with van der Waals surface area (Å²) in [4.78, 5) is 30.2. The number of ether oxygens (including phenoxy) is 1. The molecule has 1 atom stereocenters. The molecule has 0 saturated carbocycles. The van der Waals surface area contributed by atoms with Gasteiger partial charge in [-0.15, -0.1) is 0 Å². The third-order valence-electron chi connectivity index (χ3n) is 6.84. The van der Waals surface area contributed by atoms with Crippen molar-refractivity contribution in [2.24, 2.45) is 4.99 Å². The number of aryl methyl sites for hydroxylation is 1. The fraction of sp³-hybridized carbons (Fsp3) is 0.143. The van der Waals surface area contributed by atoms with Gasteiger partial charge in [0.05, 0.1) is 31.9 Å². The molecule has 8 nitrogen and oxygen atoms in total. The number of aromatic nitrogens is 1. The van der Waals surface area contributed by atoms with E-state index in [1.165, 1.54) is 23.0 Å². The van der Waals surface area contributed by atoms with Crippen LogP contribution in [0.4, 0.5) is 5.69 Å². The molecule has 4 aromatic rings. The van der Waals surface area contributed by atoms with Gasteiger partial charge in [0.2, 0.25) is 5.75 Å². The van der Waals surface area contributed by atoms with Crippen LogP contribution in [-0.4, -0.2) is 21.7 Å². The first-order valence-corrected chi connectivity index (χ1v) is 13.7. The average molecular weight is 637 g/mol. The third-order valence-corrected chi connectivity index (χ3v) is 8.65. The number of fused-ring (bicyclic) bond motifs is 3. The number of hydrogen-bond acceptors (Lipinski definition) is 7. The van der Waals surface area contributed by atoms with Crippen LogP contribution in [0.25, 0.3) is 11.8 Å². The van der Waals surface area contributed by atoms with Gasteiger partial charge in [-0.2, -0.15) is 0 Å². The minimum Gasteiger partial charge on any atom is -0.501 e.